The molecule has 1 aromatic carbocycles. The average Bonchev–Trinajstić information content (AvgIpc) is 3.24. The van der Waals surface area contributed by atoms with Crippen LogP contribution in [0.2, 0.25) is 0 Å². The van der Waals surface area contributed by atoms with Gasteiger partial charge in [0.25, 0.3) is 0 Å². The third-order valence-corrected chi connectivity index (χ3v) is 6.54. The third kappa shape index (κ3) is 2.56. The van der Waals surface area contributed by atoms with Gasteiger partial charge in [-0.1, -0.05) is 44.2 Å². The van der Waals surface area contributed by atoms with Crippen molar-refractivity contribution in [3.05, 3.63) is 29.8 Å². The number of carboxylic acids is 1. The summed E-state index contributed by atoms with van der Waals surface area (Å²) in [6.45, 7) is 0. The summed E-state index contributed by atoms with van der Waals surface area (Å²) in [6, 6.07) is 6.44. The van der Waals surface area contributed by atoms with E-state index in [1.807, 2.05) is 0 Å². The number of benzene rings is 1. The second-order valence-electron chi connectivity index (χ2n) is 6.78. The van der Waals surface area contributed by atoms with Crippen molar-refractivity contribution in [2.45, 2.75) is 48.8 Å². The summed E-state index contributed by atoms with van der Waals surface area (Å²) in [4.78, 5) is 12.1. The van der Waals surface area contributed by atoms with Crippen LogP contribution in [0.4, 0.5) is 0 Å². The number of hydrogen-bond acceptors (Lipinski definition) is 3. The molecule has 0 saturated heterocycles. The first-order valence-electron chi connectivity index (χ1n) is 7.90. The van der Waals surface area contributed by atoms with E-state index in [-0.39, 0.29) is 10.8 Å². The summed E-state index contributed by atoms with van der Waals surface area (Å²) in [7, 11) is -3.25. The fourth-order valence-corrected chi connectivity index (χ4v) is 4.72. The molecule has 0 amide bonds. The Hall–Kier alpha value is -1.36. The van der Waals surface area contributed by atoms with Gasteiger partial charge in [-0.05, 0) is 36.0 Å². The predicted molar refractivity (Wildman–Crippen MR) is 83.5 cm³/mol. The average molecular weight is 322 g/mol. The van der Waals surface area contributed by atoms with Gasteiger partial charge in [0.15, 0.2) is 9.84 Å². The van der Waals surface area contributed by atoms with Crippen molar-refractivity contribution in [1.82, 2.24) is 0 Å². The predicted octanol–water partition coefficient (Wildman–Crippen LogP) is 3.01. The number of hydrogen-bond donors (Lipinski definition) is 1. The Labute approximate surface area is 131 Å². The molecule has 2 aliphatic rings. The molecule has 0 bridgehead atoms. The van der Waals surface area contributed by atoms with Gasteiger partial charge in [0, 0.05) is 6.26 Å². The minimum Gasteiger partial charge on any atom is -0.481 e. The first-order valence-corrected chi connectivity index (χ1v) is 9.79. The third-order valence-electron chi connectivity index (χ3n) is 5.41. The van der Waals surface area contributed by atoms with Gasteiger partial charge in [0.2, 0.25) is 0 Å². The number of carbonyl (C=O) groups is 1. The van der Waals surface area contributed by atoms with E-state index < -0.39 is 21.2 Å². The van der Waals surface area contributed by atoms with Crippen LogP contribution in [0.3, 0.4) is 0 Å². The number of rotatable bonds is 4. The highest BCUT2D eigenvalue weighted by Gasteiger charge is 2.63. The van der Waals surface area contributed by atoms with Crippen LogP contribution in [0.1, 0.15) is 44.1 Å². The molecule has 120 valence electrons. The van der Waals surface area contributed by atoms with Gasteiger partial charge in [-0.3, -0.25) is 4.79 Å². The Morgan fingerprint density at radius 2 is 1.73 bits per heavy atom. The smallest absolute Gasteiger partial charge is 0.314 e. The topological polar surface area (TPSA) is 71.4 Å². The fourth-order valence-electron chi connectivity index (χ4n) is 4.09. The molecule has 0 radical (unpaired) electrons. The number of carboxylic acid groups (broad SMARTS) is 1. The molecule has 0 aliphatic heterocycles. The standard InChI is InChI=1S/C17H22O4S/c1-22(20,21)14-9-7-13(8-10-14)17(16(18)19)11-15(17)12-5-3-2-4-6-12/h7-10,12,15H,2-6,11H2,1H3,(H,18,19)/t15-,17-/m1/s1. The van der Waals surface area contributed by atoms with Crippen molar-refractivity contribution in [1.29, 1.82) is 0 Å². The summed E-state index contributed by atoms with van der Waals surface area (Å²) >= 11 is 0. The van der Waals surface area contributed by atoms with E-state index in [9.17, 15) is 18.3 Å². The summed E-state index contributed by atoms with van der Waals surface area (Å²) in [5.74, 6) is -0.0657. The molecule has 0 heterocycles. The Bertz CT molecular complexity index is 671. The molecule has 4 nitrogen and oxygen atoms in total. The van der Waals surface area contributed by atoms with Crippen LogP contribution in [0.5, 0.6) is 0 Å². The van der Waals surface area contributed by atoms with Crippen molar-refractivity contribution in [3.63, 3.8) is 0 Å². The lowest BCUT2D eigenvalue weighted by molar-refractivity contribution is -0.140. The second kappa shape index (κ2) is 5.37. The Balaban J connectivity index is 1.88. The molecule has 2 saturated carbocycles. The van der Waals surface area contributed by atoms with E-state index in [0.29, 0.717) is 12.3 Å². The first kappa shape index (κ1) is 15.5. The molecule has 0 aromatic heterocycles. The van der Waals surface area contributed by atoms with Gasteiger partial charge in [0.05, 0.1) is 10.3 Å². The summed E-state index contributed by atoms with van der Waals surface area (Å²) in [6.07, 6.45) is 7.75. The molecule has 0 unspecified atom stereocenters. The monoisotopic (exact) mass is 322 g/mol. The van der Waals surface area contributed by atoms with Crippen molar-refractivity contribution in [3.8, 4) is 0 Å². The van der Waals surface area contributed by atoms with Gasteiger partial charge in [-0.25, -0.2) is 8.42 Å². The van der Waals surface area contributed by atoms with Crippen LogP contribution in [0, 0.1) is 11.8 Å². The van der Waals surface area contributed by atoms with E-state index >= 15 is 0 Å². The zero-order valence-electron chi connectivity index (χ0n) is 12.8. The fraction of sp³-hybridized carbons (Fsp3) is 0.588. The van der Waals surface area contributed by atoms with Crippen molar-refractivity contribution < 1.29 is 18.3 Å². The zero-order valence-corrected chi connectivity index (χ0v) is 13.6. The molecule has 3 rings (SSSR count). The summed E-state index contributed by atoms with van der Waals surface area (Å²) < 4.78 is 23.1. The Kier molecular flexibility index (Phi) is 3.79. The lowest BCUT2D eigenvalue weighted by Gasteiger charge is -2.24. The van der Waals surface area contributed by atoms with E-state index in [4.69, 9.17) is 0 Å². The highest BCUT2D eigenvalue weighted by atomic mass is 32.2. The molecule has 2 fully saturated rings. The van der Waals surface area contributed by atoms with Gasteiger partial charge in [0.1, 0.15) is 0 Å². The molecule has 22 heavy (non-hydrogen) atoms. The molecular formula is C17H22O4S. The highest BCUT2D eigenvalue weighted by molar-refractivity contribution is 7.90. The van der Waals surface area contributed by atoms with Crippen LogP contribution < -0.4 is 0 Å². The lowest BCUT2D eigenvalue weighted by atomic mass is 9.80. The SMILES string of the molecule is CS(=O)(=O)c1ccc([C@]2(C(=O)O)C[C@@H]2C2CCCCC2)cc1. The Morgan fingerprint density at radius 3 is 2.23 bits per heavy atom. The van der Waals surface area contributed by atoms with Crippen molar-refractivity contribution in [2.24, 2.45) is 11.8 Å². The molecule has 2 atom stereocenters. The van der Waals surface area contributed by atoms with E-state index in [1.165, 1.54) is 31.4 Å². The molecular weight excluding hydrogens is 300 g/mol. The van der Waals surface area contributed by atoms with E-state index in [1.54, 1.807) is 12.1 Å². The summed E-state index contributed by atoms with van der Waals surface area (Å²) in [5.41, 5.74) is -0.0409. The Morgan fingerprint density at radius 1 is 1.14 bits per heavy atom. The maximum atomic E-state index is 11.9. The minimum absolute atomic E-state index is 0.203. The van der Waals surface area contributed by atoms with Gasteiger partial charge in [-0.15, -0.1) is 0 Å². The van der Waals surface area contributed by atoms with Gasteiger partial charge < -0.3 is 5.11 Å². The maximum Gasteiger partial charge on any atom is 0.314 e. The van der Waals surface area contributed by atoms with Crippen LogP contribution in [-0.4, -0.2) is 25.7 Å². The highest BCUT2D eigenvalue weighted by Crippen LogP contribution is 2.60. The molecule has 1 N–H and O–H groups in total. The zero-order chi connectivity index (χ0) is 16.0. The molecule has 1 aromatic rings. The van der Waals surface area contributed by atoms with Gasteiger partial charge >= 0.3 is 5.97 Å². The van der Waals surface area contributed by atoms with Gasteiger partial charge in [-0.2, -0.15) is 0 Å². The quantitative estimate of drug-likeness (QED) is 0.925. The molecule has 0 spiro atoms. The molecule has 5 heteroatoms. The van der Waals surface area contributed by atoms with E-state index in [0.717, 1.165) is 24.7 Å². The normalized spacial score (nSPS) is 29.2. The van der Waals surface area contributed by atoms with Crippen molar-refractivity contribution >= 4 is 15.8 Å². The van der Waals surface area contributed by atoms with Crippen molar-refractivity contribution in [2.75, 3.05) is 6.26 Å². The number of sulfone groups is 1. The van der Waals surface area contributed by atoms with E-state index in [2.05, 4.69) is 0 Å². The van der Waals surface area contributed by atoms with Crippen LogP contribution >= 0.6 is 0 Å². The van der Waals surface area contributed by atoms with Crippen LogP contribution in [0.25, 0.3) is 0 Å². The maximum absolute atomic E-state index is 11.9. The van der Waals surface area contributed by atoms with Crippen LogP contribution in [0.15, 0.2) is 29.2 Å². The first-order chi connectivity index (χ1) is 10.4. The second-order valence-corrected chi connectivity index (χ2v) is 8.80. The molecule has 2 aliphatic carbocycles. The van der Waals surface area contributed by atoms with Crippen LogP contribution in [-0.2, 0) is 20.0 Å². The minimum atomic E-state index is -3.25. The largest absolute Gasteiger partial charge is 0.481 e. The summed E-state index contributed by atoms with van der Waals surface area (Å²) in [5, 5.41) is 9.77. The number of aliphatic carboxylic acids is 1. The lowest BCUT2D eigenvalue weighted by Crippen LogP contribution is -2.26.